The molecule has 0 aliphatic carbocycles. The molecule has 2 N–H and O–H groups in total. The summed E-state index contributed by atoms with van der Waals surface area (Å²) >= 11 is 2.66. The molecule has 81 heavy (non-hydrogen) atoms. The molecule has 0 unspecified atom stereocenters. The Morgan fingerprint density at radius 2 is 1.21 bits per heavy atom. The number of hydrogen-bond acceptors (Lipinski definition) is 14. The largest absolute Gasteiger partial charge is 0.508 e. The van der Waals surface area contributed by atoms with Crippen molar-refractivity contribution in [2.75, 3.05) is 24.3 Å². The highest BCUT2D eigenvalue weighted by molar-refractivity contribution is 8.00. The van der Waals surface area contributed by atoms with Crippen molar-refractivity contribution in [3.63, 3.8) is 0 Å². The van der Waals surface area contributed by atoms with E-state index in [-0.39, 0.29) is 42.2 Å². The van der Waals surface area contributed by atoms with Gasteiger partial charge in [-0.25, -0.2) is 14.6 Å². The Hall–Kier alpha value is -9.12. The first-order valence-corrected chi connectivity index (χ1v) is 28.6. The maximum atomic E-state index is 15.4. The Morgan fingerprint density at radius 1 is 0.691 bits per heavy atom. The monoisotopic (exact) mass is 1110 g/mol. The van der Waals surface area contributed by atoms with Crippen molar-refractivity contribution in [2.45, 2.75) is 55.3 Å². The van der Waals surface area contributed by atoms with Crippen molar-refractivity contribution in [1.82, 2.24) is 20.2 Å². The molecule has 2 atom stereocenters. The van der Waals surface area contributed by atoms with Gasteiger partial charge in [-0.05, 0) is 46.7 Å². The fourth-order valence-corrected chi connectivity index (χ4v) is 12.0. The zero-order valence-electron chi connectivity index (χ0n) is 44.5. The summed E-state index contributed by atoms with van der Waals surface area (Å²) in [5.74, 6) is -1.85. The number of carbonyl (C=O) groups is 4. The van der Waals surface area contributed by atoms with Gasteiger partial charge in [-0.2, -0.15) is 0 Å². The number of thioether (sulfide) groups is 1. The number of ether oxygens (including phenoxy) is 3. The molecule has 408 valence electrons. The van der Waals surface area contributed by atoms with E-state index in [2.05, 4.69) is 52.0 Å². The number of carbonyl (C=O) groups excluding carboxylic acids is 4. The van der Waals surface area contributed by atoms with Crippen molar-refractivity contribution in [2.24, 2.45) is 5.16 Å². The van der Waals surface area contributed by atoms with Crippen LogP contribution < -0.4 is 10.6 Å². The summed E-state index contributed by atoms with van der Waals surface area (Å²) in [7, 11) is 0. The van der Waals surface area contributed by atoms with Crippen molar-refractivity contribution in [1.29, 1.82) is 0 Å². The van der Waals surface area contributed by atoms with Crippen LogP contribution >= 0.6 is 23.1 Å². The van der Waals surface area contributed by atoms with Crippen LogP contribution in [0.15, 0.2) is 234 Å². The third-order valence-electron chi connectivity index (χ3n) is 14.0. The van der Waals surface area contributed by atoms with E-state index in [1.54, 1.807) is 36.0 Å². The zero-order valence-corrected chi connectivity index (χ0v) is 46.1. The number of oxime groups is 1. The Kier molecular flexibility index (Phi) is 17.6. The van der Waals surface area contributed by atoms with Gasteiger partial charge < -0.3 is 29.7 Å². The molecule has 6 aromatic carbocycles. The van der Waals surface area contributed by atoms with Gasteiger partial charge in [0.1, 0.15) is 47.7 Å². The number of thiazole rings is 1. The molecule has 2 aromatic heterocycles. The highest BCUT2D eigenvalue weighted by atomic mass is 32.2. The van der Waals surface area contributed by atoms with E-state index in [4.69, 9.17) is 29.2 Å². The number of aromatic nitrogens is 2. The molecule has 10 rings (SSSR count). The molecule has 4 heterocycles. The fraction of sp³-hybridized carbons (Fsp3) is 0.185. The summed E-state index contributed by atoms with van der Waals surface area (Å²) in [6, 6.07) is 61.8. The van der Waals surface area contributed by atoms with Gasteiger partial charge in [-0.1, -0.05) is 219 Å². The predicted octanol–water partition coefficient (Wildman–Crippen LogP) is 11.9. The third-order valence-corrected chi connectivity index (χ3v) is 16.1. The molecule has 2 aliphatic rings. The molecule has 2 aliphatic heterocycles. The number of hydrogen-bond donors (Lipinski definition) is 2. The lowest BCUT2D eigenvalue weighted by Crippen LogP contribution is -2.71. The Balaban J connectivity index is 1.02. The van der Waals surface area contributed by atoms with Crippen LogP contribution in [-0.2, 0) is 44.6 Å². The van der Waals surface area contributed by atoms with Crippen LogP contribution in [0.3, 0.4) is 0 Å². The van der Waals surface area contributed by atoms with Gasteiger partial charge >= 0.3 is 12.1 Å². The molecule has 8 aromatic rings. The molecule has 16 heteroatoms. The molecular formula is C65H58N6O8S2. The van der Waals surface area contributed by atoms with Gasteiger partial charge in [-0.3, -0.25) is 19.5 Å². The number of nitrogens with zero attached hydrogens (tertiary/aromatic N) is 4. The highest BCUT2D eigenvalue weighted by Gasteiger charge is 2.55. The second-order valence-electron chi connectivity index (χ2n) is 19.0. The number of anilines is 1. The molecule has 14 nitrogen and oxygen atoms in total. The number of esters is 1. The van der Waals surface area contributed by atoms with Gasteiger partial charge in [0.2, 0.25) is 5.60 Å². The van der Waals surface area contributed by atoms with Gasteiger partial charge in [0.15, 0.2) is 10.8 Å². The Labute approximate surface area is 478 Å². The van der Waals surface area contributed by atoms with Crippen molar-refractivity contribution in [3.05, 3.63) is 274 Å². The lowest BCUT2D eigenvalue weighted by atomic mass is 9.77. The summed E-state index contributed by atoms with van der Waals surface area (Å²) in [5, 5.41) is 13.1. The van der Waals surface area contributed by atoms with E-state index in [0.29, 0.717) is 23.5 Å². The topological polar surface area (TPSA) is 171 Å². The Bertz CT molecular complexity index is 3320. The van der Waals surface area contributed by atoms with E-state index < -0.39 is 46.5 Å². The lowest BCUT2D eigenvalue weighted by molar-refractivity contribution is -0.153. The zero-order chi connectivity index (χ0) is 56.0. The third kappa shape index (κ3) is 11.9. The molecule has 1 fully saturated rings. The van der Waals surface area contributed by atoms with Crippen LogP contribution in [0.5, 0.6) is 0 Å². The normalized spacial score (nSPS) is 15.4. The highest BCUT2D eigenvalue weighted by Crippen LogP contribution is 2.44. The first-order valence-electron chi connectivity index (χ1n) is 26.6. The van der Waals surface area contributed by atoms with Gasteiger partial charge in [0.05, 0.1) is 0 Å². The molecule has 0 bridgehead atoms. The lowest BCUT2D eigenvalue weighted by Gasteiger charge is -2.49. The first kappa shape index (κ1) is 55.2. The van der Waals surface area contributed by atoms with Crippen LogP contribution in [0.25, 0.3) is 6.08 Å². The molecule has 2 amide bonds. The van der Waals surface area contributed by atoms with Crippen molar-refractivity contribution < 1.29 is 38.2 Å². The second kappa shape index (κ2) is 25.8. The SMILES string of the molecule is CCC(CC)OC(=O)OCCOC(=O)C1=C(/C=C\c2cccnc2)CS[C@H]2[C@H](NC(=O)C(=NOC(c3ccccc3)(c3ccccc3)c3ccccc3)c3csc(NC(c4ccccc4)(c4ccccc4)c4ccccc4)n3)C(=O)N12. The van der Waals surface area contributed by atoms with Crippen LogP contribution in [-0.4, -0.2) is 81.0 Å². The average Bonchev–Trinajstić information content (AvgIpc) is 4.14. The number of amides is 2. The quantitative estimate of drug-likeness (QED) is 0.0165. The minimum Gasteiger partial charge on any atom is -0.457 e. The van der Waals surface area contributed by atoms with Crippen LogP contribution in [0, 0.1) is 0 Å². The van der Waals surface area contributed by atoms with Crippen molar-refractivity contribution in [3.8, 4) is 0 Å². The van der Waals surface area contributed by atoms with Crippen LogP contribution in [0.4, 0.5) is 9.93 Å². The van der Waals surface area contributed by atoms with Crippen LogP contribution in [0.2, 0.25) is 0 Å². The number of benzene rings is 6. The molecule has 1 saturated heterocycles. The minimum absolute atomic E-state index is 0.00136. The molecule has 0 saturated carbocycles. The molecular weight excluding hydrogens is 1060 g/mol. The van der Waals surface area contributed by atoms with E-state index in [0.717, 1.165) is 38.9 Å². The maximum Gasteiger partial charge on any atom is 0.508 e. The van der Waals surface area contributed by atoms with Crippen molar-refractivity contribution >= 4 is 64.0 Å². The second-order valence-corrected chi connectivity index (χ2v) is 20.9. The molecule has 0 spiro atoms. The minimum atomic E-state index is -1.39. The summed E-state index contributed by atoms with van der Waals surface area (Å²) < 4.78 is 16.2. The number of pyridine rings is 1. The Morgan fingerprint density at radius 3 is 1.72 bits per heavy atom. The van der Waals surface area contributed by atoms with E-state index in [1.807, 2.05) is 166 Å². The van der Waals surface area contributed by atoms with E-state index in [9.17, 15) is 14.4 Å². The predicted molar refractivity (Wildman–Crippen MR) is 315 cm³/mol. The summed E-state index contributed by atoms with van der Waals surface area (Å²) in [5.41, 5.74) is 3.94. The summed E-state index contributed by atoms with van der Waals surface area (Å²) in [4.78, 5) is 74.3. The summed E-state index contributed by atoms with van der Waals surface area (Å²) in [6.07, 6.45) is 6.94. The van der Waals surface area contributed by atoms with E-state index >= 15 is 4.79 Å². The summed E-state index contributed by atoms with van der Waals surface area (Å²) in [6.45, 7) is 3.23. The number of nitrogens with one attached hydrogen (secondary N) is 2. The fourth-order valence-electron chi connectivity index (χ4n) is 9.97. The maximum absolute atomic E-state index is 15.4. The van der Waals surface area contributed by atoms with Gasteiger partial charge in [0, 0.05) is 40.2 Å². The average molecular weight is 1120 g/mol. The van der Waals surface area contributed by atoms with E-state index in [1.165, 1.54) is 28.0 Å². The van der Waals surface area contributed by atoms with Gasteiger partial charge in [-0.15, -0.1) is 23.1 Å². The standard InChI is InChI=1S/C65H58N6O8S2/c1-3-53(4-2)78-63(75)77-41-40-76-61(74)57-46(38-37-45-24-23-39-66-42-45)43-80-60-56(59(73)71(57)60)68-58(72)55(70-79-65(50-31-17-8-18-32-50,51-33-19-9-20-34-51)52-35-21-10-22-36-52)54-44-81-62(67-54)69-64(47-25-11-5-12-26-47,48-27-13-6-14-28-48)49-29-15-7-16-30-49/h5-39,42,44,53,56,60H,3-4,40-41,43H2,1-2H3,(H,67,69)(H,68,72)/b38-37-,70-55?/t56-,60+/m1/s1. The number of β-lactam (4-membered cyclic amide) rings is 1. The number of allylic oxidation sites excluding steroid dienone is 1. The molecule has 0 radical (unpaired) electrons. The number of rotatable bonds is 22. The van der Waals surface area contributed by atoms with Crippen LogP contribution in [0.1, 0.15) is 71.3 Å². The number of fused-ring (bicyclic) bond motifs is 1. The van der Waals surface area contributed by atoms with Gasteiger partial charge in [0.25, 0.3) is 11.8 Å². The first-order chi connectivity index (χ1) is 39.7. The smallest absolute Gasteiger partial charge is 0.457 e.